The number of carbonyl (C=O) groups excluding carboxylic acids is 1. The Balaban J connectivity index is 1.63. The second kappa shape index (κ2) is 7.23. The van der Waals surface area contributed by atoms with Gasteiger partial charge in [0.1, 0.15) is 11.6 Å². The van der Waals surface area contributed by atoms with Crippen LogP contribution in [0.1, 0.15) is 33.3 Å². The van der Waals surface area contributed by atoms with Crippen LogP contribution in [-0.2, 0) is 13.1 Å². The number of hydrogen-bond acceptors (Lipinski definition) is 3. The number of nitrogens with one attached hydrogen (secondary N) is 1. The summed E-state index contributed by atoms with van der Waals surface area (Å²) in [4.78, 5) is 12.2. The molecule has 25 heavy (non-hydrogen) atoms. The summed E-state index contributed by atoms with van der Waals surface area (Å²) >= 11 is 3.49. The molecular weight excluding hydrogens is 389 g/mol. The second-order valence-corrected chi connectivity index (χ2v) is 6.51. The molecule has 2 aromatic heterocycles. The van der Waals surface area contributed by atoms with E-state index in [0.29, 0.717) is 18.8 Å². The highest BCUT2D eigenvalue weighted by Gasteiger charge is 2.14. The van der Waals surface area contributed by atoms with Crippen LogP contribution in [0, 0.1) is 19.7 Å². The monoisotopic (exact) mass is 405 g/mol. The summed E-state index contributed by atoms with van der Waals surface area (Å²) in [5.74, 6) is 0.259. The van der Waals surface area contributed by atoms with E-state index < -0.39 is 0 Å². The number of amides is 1. The summed E-state index contributed by atoms with van der Waals surface area (Å²) in [6, 6.07) is 9.37. The van der Waals surface area contributed by atoms with Crippen LogP contribution in [0.4, 0.5) is 4.39 Å². The van der Waals surface area contributed by atoms with Gasteiger partial charge >= 0.3 is 0 Å². The number of aromatic nitrogens is 2. The lowest BCUT2D eigenvalue weighted by atomic mass is 10.2. The standard InChI is InChI=1S/C18H17BrFN3O2/c1-11-17(19)12(2)23(22-11)10-15-7-8-16(25-15)18(24)21-9-13-3-5-14(20)6-4-13/h3-8H,9-10H2,1-2H3,(H,21,24). The first-order valence-corrected chi connectivity index (χ1v) is 8.54. The van der Waals surface area contributed by atoms with Crippen LogP contribution in [0.3, 0.4) is 0 Å². The number of carbonyl (C=O) groups is 1. The quantitative estimate of drug-likeness (QED) is 0.698. The molecule has 130 valence electrons. The van der Waals surface area contributed by atoms with Gasteiger partial charge in [-0.2, -0.15) is 5.10 Å². The number of hydrogen-bond donors (Lipinski definition) is 1. The van der Waals surface area contributed by atoms with E-state index >= 15 is 0 Å². The zero-order valence-electron chi connectivity index (χ0n) is 13.8. The Morgan fingerprint density at radius 2 is 1.96 bits per heavy atom. The van der Waals surface area contributed by atoms with Crippen LogP contribution in [0.15, 0.2) is 45.3 Å². The molecule has 0 aliphatic rings. The third kappa shape index (κ3) is 3.99. The molecular formula is C18H17BrFN3O2. The first-order chi connectivity index (χ1) is 11.9. The van der Waals surface area contributed by atoms with Gasteiger partial charge in [0, 0.05) is 6.54 Å². The molecule has 1 N–H and O–H groups in total. The number of benzene rings is 1. The lowest BCUT2D eigenvalue weighted by Crippen LogP contribution is -2.22. The number of rotatable bonds is 5. The maximum atomic E-state index is 12.9. The number of halogens is 2. The van der Waals surface area contributed by atoms with E-state index in [1.54, 1.807) is 24.3 Å². The molecule has 0 bridgehead atoms. The topological polar surface area (TPSA) is 60.1 Å². The van der Waals surface area contributed by atoms with Crippen LogP contribution in [-0.4, -0.2) is 15.7 Å². The van der Waals surface area contributed by atoms with Gasteiger partial charge in [-0.1, -0.05) is 12.1 Å². The molecule has 1 aromatic carbocycles. The molecule has 3 aromatic rings. The lowest BCUT2D eigenvalue weighted by Gasteiger charge is -2.04. The SMILES string of the molecule is Cc1nn(Cc2ccc(C(=O)NCc3ccc(F)cc3)o2)c(C)c1Br. The van der Waals surface area contributed by atoms with Gasteiger partial charge in [0.15, 0.2) is 5.76 Å². The molecule has 5 nitrogen and oxygen atoms in total. The smallest absolute Gasteiger partial charge is 0.287 e. The largest absolute Gasteiger partial charge is 0.454 e. The highest BCUT2D eigenvalue weighted by molar-refractivity contribution is 9.10. The van der Waals surface area contributed by atoms with Gasteiger partial charge in [-0.15, -0.1) is 0 Å². The van der Waals surface area contributed by atoms with Crippen molar-refractivity contribution in [3.8, 4) is 0 Å². The van der Waals surface area contributed by atoms with Crippen molar-refractivity contribution in [1.29, 1.82) is 0 Å². The Morgan fingerprint density at radius 3 is 2.60 bits per heavy atom. The predicted molar refractivity (Wildman–Crippen MR) is 94.8 cm³/mol. The van der Waals surface area contributed by atoms with E-state index in [9.17, 15) is 9.18 Å². The molecule has 0 aliphatic heterocycles. The summed E-state index contributed by atoms with van der Waals surface area (Å²) in [5, 5.41) is 7.17. The number of furan rings is 1. The molecule has 0 atom stereocenters. The van der Waals surface area contributed by atoms with E-state index in [-0.39, 0.29) is 17.5 Å². The molecule has 3 rings (SSSR count). The van der Waals surface area contributed by atoms with Gasteiger partial charge in [0.25, 0.3) is 5.91 Å². The van der Waals surface area contributed by atoms with Crippen LogP contribution in [0.2, 0.25) is 0 Å². The molecule has 2 heterocycles. The van der Waals surface area contributed by atoms with Gasteiger partial charge < -0.3 is 9.73 Å². The van der Waals surface area contributed by atoms with Gasteiger partial charge in [-0.3, -0.25) is 9.48 Å². The fourth-order valence-corrected chi connectivity index (χ4v) is 2.72. The van der Waals surface area contributed by atoms with Crippen molar-refractivity contribution in [2.45, 2.75) is 26.9 Å². The molecule has 7 heteroatoms. The summed E-state index contributed by atoms with van der Waals surface area (Å²) < 4.78 is 21.3. The summed E-state index contributed by atoms with van der Waals surface area (Å²) in [6.45, 7) is 4.64. The van der Waals surface area contributed by atoms with Crippen LogP contribution in [0.5, 0.6) is 0 Å². The van der Waals surface area contributed by atoms with Crippen LogP contribution < -0.4 is 5.32 Å². The number of aryl methyl sites for hydroxylation is 1. The second-order valence-electron chi connectivity index (χ2n) is 5.72. The van der Waals surface area contributed by atoms with E-state index in [2.05, 4.69) is 26.3 Å². The van der Waals surface area contributed by atoms with E-state index in [1.165, 1.54) is 12.1 Å². The predicted octanol–water partition coefficient (Wildman–Crippen LogP) is 3.97. The Bertz CT molecular complexity index is 900. The average molecular weight is 406 g/mol. The summed E-state index contributed by atoms with van der Waals surface area (Å²) in [7, 11) is 0. The zero-order chi connectivity index (χ0) is 18.0. The minimum Gasteiger partial charge on any atom is -0.454 e. The molecule has 0 fully saturated rings. The van der Waals surface area contributed by atoms with Gasteiger partial charge in [-0.25, -0.2) is 4.39 Å². The number of nitrogens with zero attached hydrogens (tertiary/aromatic N) is 2. The molecule has 0 saturated carbocycles. The van der Waals surface area contributed by atoms with Gasteiger partial charge in [0.2, 0.25) is 0 Å². The normalized spacial score (nSPS) is 10.9. The Hall–Kier alpha value is -2.41. The minimum atomic E-state index is -0.315. The van der Waals surface area contributed by atoms with Crippen LogP contribution in [0.25, 0.3) is 0 Å². The van der Waals surface area contributed by atoms with Crippen molar-refractivity contribution in [2.24, 2.45) is 0 Å². The fraction of sp³-hybridized carbons (Fsp3) is 0.222. The maximum absolute atomic E-state index is 12.9. The van der Waals surface area contributed by atoms with Gasteiger partial charge in [0.05, 0.1) is 22.4 Å². The molecule has 0 spiro atoms. The first-order valence-electron chi connectivity index (χ1n) is 7.75. The Kier molecular flexibility index (Phi) is 5.03. The fourth-order valence-electron chi connectivity index (χ4n) is 2.43. The van der Waals surface area contributed by atoms with E-state index in [0.717, 1.165) is 21.4 Å². The van der Waals surface area contributed by atoms with Crippen molar-refractivity contribution < 1.29 is 13.6 Å². The molecule has 0 radical (unpaired) electrons. The molecule has 0 aliphatic carbocycles. The highest BCUT2D eigenvalue weighted by Crippen LogP contribution is 2.21. The zero-order valence-corrected chi connectivity index (χ0v) is 15.4. The summed E-state index contributed by atoms with van der Waals surface area (Å²) in [5.41, 5.74) is 2.71. The van der Waals surface area contributed by atoms with E-state index in [4.69, 9.17) is 4.42 Å². The van der Waals surface area contributed by atoms with Crippen molar-refractivity contribution in [3.05, 3.63) is 75.2 Å². The van der Waals surface area contributed by atoms with Crippen molar-refractivity contribution >= 4 is 21.8 Å². The average Bonchev–Trinajstić information content (AvgIpc) is 3.16. The molecule has 0 unspecified atom stereocenters. The third-order valence-corrected chi connectivity index (χ3v) is 5.00. The lowest BCUT2D eigenvalue weighted by molar-refractivity contribution is 0.0921. The van der Waals surface area contributed by atoms with Crippen LogP contribution >= 0.6 is 15.9 Å². The maximum Gasteiger partial charge on any atom is 0.287 e. The van der Waals surface area contributed by atoms with E-state index in [1.807, 2.05) is 18.5 Å². The Labute approximate surface area is 153 Å². The van der Waals surface area contributed by atoms with Crippen molar-refractivity contribution in [2.75, 3.05) is 0 Å². The molecule has 0 saturated heterocycles. The Morgan fingerprint density at radius 1 is 1.24 bits per heavy atom. The summed E-state index contributed by atoms with van der Waals surface area (Å²) in [6.07, 6.45) is 0. The van der Waals surface area contributed by atoms with Gasteiger partial charge in [-0.05, 0) is 59.6 Å². The first kappa shape index (κ1) is 17.4. The highest BCUT2D eigenvalue weighted by atomic mass is 79.9. The van der Waals surface area contributed by atoms with Crippen molar-refractivity contribution in [1.82, 2.24) is 15.1 Å². The van der Waals surface area contributed by atoms with Crippen molar-refractivity contribution in [3.63, 3.8) is 0 Å². The molecule has 1 amide bonds. The third-order valence-electron chi connectivity index (χ3n) is 3.85. The minimum absolute atomic E-state index is 0.234.